The first-order valence-corrected chi connectivity index (χ1v) is 11.1. The predicted molar refractivity (Wildman–Crippen MR) is 127 cm³/mol. The summed E-state index contributed by atoms with van der Waals surface area (Å²) in [7, 11) is 3.07. The average Bonchev–Trinajstić information content (AvgIpc) is 2.85. The van der Waals surface area contributed by atoms with E-state index in [9.17, 15) is 18.0 Å². The van der Waals surface area contributed by atoms with E-state index in [2.05, 4.69) is 25.3 Å². The Labute approximate surface area is 206 Å². The second-order valence-corrected chi connectivity index (χ2v) is 8.15. The normalized spacial score (nSPS) is 21.3. The lowest BCUT2D eigenvalue weighted by atomic mass is 10.0. The molecule has 2 aromatic heterocycles. The van der Waals surface area contributed by atoms with E-state index in [1.165, 1.54) is 19.5 Å². The minimum absolute atomic E-state index is 0.00836. The number of rotatable bonds is 7. The number of methoxy groups -OCH3 is 1. The van der Waals surface area contributed by atoms with Gasteiger partial charge in [0.1, 0.15) is 11.4 Å². The van der Waals surface area contributed by atoms with Crippen molar-refractivity contribution < 1.29 is 27.4 Å². The number of alkyl halides is 3. The van der Waals surface area contributed by atoms with Crippen molar-refractivity contribution in [1.29, 1.82) is 0 Å². The zero-order valence-corrected chi connectivity index (χ0v) is 20.3. The van der Waals surface area contributed by atoms with Crippen LogP contribution in [0.15, 0.2) is 41.4 Å². The third-order valence-electron chi connectivity index (χ3n) is 5.58. The number of aliphatic imine (C=N–C) groups is 1. The smallest absolute Gasteiger partial charge is 0.419 e. The number of anilines is 1. The first-order valence-electron chi connectivity index (χ1n) is 11.1. The van der Waals surface area contributed by atoms with Gasteiger partial charge in [0.05, 0.1) is 42.8 Å². The van der Waals surface area contributed by atoms with E-state index < -0.39 is 29.8 Å². The molecule has 0 saturated carbocycles. The molecule has 13 heteroatoms. The highest BCUT2D eigenvalue weighted by Crippen LogP contribution is 2.28. The number of hydrogen-bond acceptors (Lipinski definition) is 9. The molecule has 0 radical (unpaired) electrons. The number of hydrogen-bond donors (Lipinski definition) is 2. The average molecular weight is 508 g/mol. The lowest BCUT2D eigenvalue weighted by molar-refractivity contribution is -0.148. The van der Waals surface area contributed by atoms with Crippen LogP contribution < -0.4 is 15.8 Å². The number of ether oxygens (including phenoxy) is 2. The Morgan fingerprint density at radius 2 is 1.97 bits per heavy atom. The van der Waals surface area contributed by atoms with E-state index in [1.54, 1.807) is 31.0 Å². The number of carbonyl (C=O) groups excluding carboxylic acids is 1. The van der Waals surface area contributed by atoms with Gasteiger partial charge in [0.25, 0.3) is 5.91 Å². The van der Waals surface area contributed by atoms with Gasteiger partial charge in [0.15, 0.2) is 0 Å². The molecule has 3 atom stereocenters. The number of carbonyl (C=O) groups is 1. The van der Waals surface area contributed by atoms with Crippen LogP contribution in [0, 0.1) is 0 Å². The first kappa shape index (κ1) is 26.9. The van der Waals surface area contributed by atoms with Gasteiger partial charge in [0, 0.05) is 44.3 Å². The van der Waals surface area contributed by atoms with Crippen LogP contribution >= 0.6 is 0 Å². The molecular formula is C23H28F3N7O3. The third kappa shape index (κ3) is 6.27. The van der Waals surface area contributed by atoms with Crippen LogP contribution in [0.3, 0.4) is 0 Å². The molecular weight excluding hydrogens is 479 g/mol. The van der Waals surface area contributed by atoms with Crippen LogP contribution in [0.2, 0.25) is 0 Å². The Hall–Kier alpha value is -3.74. The molecule has 1 fully saturated rings. The monoisotopic (exact) mass is 507 g/mol. The van der Waals surface area contributed by atoms with Gasteiger partial charge in [-0.25, -0.2) is 9.97 Å². The van der Waals surface area contributed by atoms with E-state index in [0.29, 0.717) is 29.4 Å². The highest BCUT2D eigenvalue weighted by atomic mass is 19.4. The number of nitrogens with one attached hydrogen (secondary N) is 1. The lowest BCUT2D eigenvalue weighted by Crippen LogP contribution is -2.58. The maximum Gasteiger partial charge on any atom is 0.419 e. The molecule has 194 valence electrons. The largest absolute Gasteiger partial charge is 0.495 e. The maximum absolute atomic E-state index is 13.6. The van der Waals surface area contributed by atoms with Gasteiger partial charge >= 0.3 is 6.18 Å². The summed E-state index contributed by atoms with van der Waals surface area (Å²) in [6, 6.07) is 2.85. The van der Waals surface area contributed by atoms with Crippen molar-refractivity contribution in [2.75, 3.05) is 32.6 Å². The van der Waals surface area contributed by atoms with Crippen molar-refractivity contribution in [1.82, 2.24) is 19.9 Å². The first-order chi connectivity index (χ1) is 17.0. The molecule has 10 nitrogen and oxygen atoms in total. The van der Waals surface area contributed by atoms with Gasteiger partial charge in [-0.2, -0.15) is 13.2 Å². The fourth-order valence-corrected chi connectivity index (χ4v) is 3.77. The Morgan fingerprint density at radius 3 is 2.53 bits per heavy atom. The van der Waals surface area contributed by atoms with Gasteiger partial charge in [0.2, 0.25) is 5.95 Å². The Balaban J connectivity index is 1.85. The summed E-state index contributed by atoms with van der Waals surface area (Å²) >= 11 is 0. The zero-order chi connectivity index (χ0) is 26.5. The molecule has 0 aromatic carbocycles. The SMILES string of the molecule is CN=C/C(=C(\N)C(=O)N1CC(C)OC(C)C1CNc1ncc(C(F)(F)F)cn1)c1ccc(OC)cn1. The number of amides is 1. The summed E-state index contributed by atoms with van der Waals surface area (Å²) in [6.07, 6.45) is -0.857. The molecule has 3 unspecified atom stereocenters. The molecule has 3 N–H and O–H groups in total. The number of morpholine rings is 1. The topological polar surface area (TPSA) is 128 Å². The second-order valence-electron chi connectivity index (χ2n) is 8.15. The van der Waals surface area contributed by atoms with Crippen LogP contribution in [-0.4, -0.2) is 77.5 Å². The van der Waals surface area contributed by atoms with Crippen LogP contribution in [-0.2, 0) is 15.7 Å². The summed E-state index contributed by atoms with van der Waals surface area (Å²) < 4.78 is 49.4. The van der Waals surface area contributed by atoms with Crippen molar-refractivity contribution >= 4 is 23.6 Å². The number of pyridine rings is 1. The van der Waals surface area contributed by atoms with Crippen molar-refractivity contribution in [2.45, 2.75) is 38.3 Å². The quantitative estimate of drug-likeness (QED) is 0.432. The summed E-state index contributed by atoms with van der Waals surface area (Å²) in [5.41, 5.74) is 6.10. The molecule has 1 saturated heterocycles. The van der Waals surface area contributed by atoms with E-state index in [0.717, 1.165) is 0 Å². The summed E-state index contributed by atoms with van der Waals surface area (Å²) in [4.78, 5) is 30.9. The molecule has 0 spiro atoms. The second kappa shape index (κ2) is 11.3. The molecule has 0 aliphatic carbocycles. The maximum atomic E-state index is 13.6. The van der Waals surface area contributed by atoms with Gasteiger partial charge < -0.3 is 25.4 Å². The van der Waals surface area contributed by atoms with Crippen LogP contribution in [0.25, 0.3) is 5.57 Å². The van der Waals surface area contributed by atoms with Crippen LogP contribution in [0.4, 0.5) is 19.1 Å². The highest BCUT2D eigenvalue weighted by Gasteiger charge is 2.37. The van der Waals surface area contributed by atoms with Gasteiger partial charge in [-0.05, 0) is 26.0 Å². The Kier molecular flexibility index (Phi) is 8.45. The Bertz CT molecular complexity index is 1110. The summed E-state index contributed by atoms with van der Waals surface area (Å²) in [5.74, 6) is 0.0829. The lowest BCUT2D eigenvalue weighted by Gasteiger charge is -2.43. The summed E-state index contributed by atoms with van der Waals surface area (Å²) in [6.45, 7) is 4.00. The zero-order valence-electron chi connectivity index (χ0n) is 20.3. The molecule has 36 heavy (non-hydrogen) atoms. The fraction of sp³-hybridized carbons (Fsp3) is 0.435. The highest BCUT2D eigenvalue weighted by molar-refractivity contribution is 6.18. The van der Waals surface area contributed by atoms with E-state index in [-0.39, 0.29) is 30.8 Å². The van der Waals surface area contributed by atoms with Gasteiger partial charge in [-0.3, -0.25) is 14.8 Å². The number of nitrogens with zero attached hydrogens (tertiary/aromatic N) is 5. The van der Waals surface area contributed by atoms with E-state index in [1.807, 2.05) is 6.92 Å². The molecule has 3 rings (SSSR count). The molecule has 2 aromatic rings. The van der Waals surface area contributed by atoms with Crippen LogP contribution in [0.1, 0.15) is 25.1 Å². The van der Waals surface area contributed by atoms with Crippen LogP contribution in [0.5, 0.6) is 5.75 Å². The number of halogens is 3. The summed E-state index contributed by atoms with van der Waals surface area (Å²) in [5, 5.41) is 2.89. The van der Waals surface area contributed by atoms with E-state index in [4.69, 9.17) is 15.2 Å². The van der Waals surface area contributed by atoms with Gasteiger partial charge in [-0.15, -0.1) is 0 Å². The minimum Gasteiger partial charge on any atom is -0.495 e. The molecule has 1 aliphatic heterocycles. The molecule has 1 amide bonds. The predicted octanol–water partition coefficient (Wildman–Crippen LogP) is 2.39. The standard InChI is InChI=1S/C23H28F3N7O3/c1-13-12-33(21(34)20(27)17(10-28-3)18-6-5-16(35-4)9-29-18)19(14(2)36-13)11-32-22-30-7-15(8-31-22)23(24,25)26/h5-10,13-14,19H,11-12,27H2,1-4H3,(H,30,31,32)/b20-17+,28-10?. The van der Waals surface area contributed by atoms with Crippen molar-refractivity contribution in [3.63, 3.8) is 0 Å². The number of allylic oxidation sites excluding steroid dienone is 1. The van der Waals surface area contributed by atoms with Crippen molar-refractivity contribution in [2.24, 2.45) is 10.7 Å². The number of nitrogens with two attached hydrogens (primary N) is 1. The molecule has 3 heterocycles. The molecule has 0 bridgehead atoms. The fourth-order valence-electron chi connectivity index (χ4n) is 3.77. The number of aromatic nitrogens is 3. The minimum atomic E-state index is -4.54. The Morgan fingerprint density at radius 1 is 1.28 bits per heavy atom. The molecule has 1 aliphatic rings. The van der Waals surface area contributed by atoms with Crippen molar-refractivity contribution in [3.05, 3.63) is 47.7 Å². The van der Waals surface area contributed by atoms with Crippen molar-refractivity contribution in [3.8, 4) is 5.75 Å². The third-order valence-corrected chi connectivity index (χ3v) is 5.58. The van der Waals surface area contributed by atoms with Gasteiger partial charge in [-0.1, -0.05) is 0 Å². The van der Waals surface area contributed by atoms with E-state index >= 15 is 0 Å².